The molecule has 0 aliphatic carbocycles. The minimum Gasteiger partial charge on any atom is -0.392 e. The van der Waals surface area contributed by atoms with Crippen molar-refractivity contribution in [3.05, 3.63) is 35.9 Å². The molecule has 1 N–H and O–H groups in total. The molecule has 88 valence electrons. The second-order valence-corrected chi connectivity index (χ2v) is 4.87. The Balaban J connectivity index is 1.89. The van der Waals surface area contributed by atoms with E-state index in [1.165, 1.54) is 5.56 Å². The van der Waals surface area contributed by atoms with Gasteiger partial charge in [0.05, 0.1) is 6.10 Å². The van der Waals surface area contributed by atoms with Crippen LogP contribution in [-0.2, 0) is 0 Å². The van der Waals surface area contributed by atoms with Gasteiger partial charge in [-0.3, -0.25) is 0 Å². The van der Waals surface area contributed by atoms with E-state index < -0.39 is 0 Å². The first-order valence-corrected chi connectivity index (χ1v) is 6.21. The van der Waals surface area contributed by atoms with Crippen LogP contribution in [-0.4, -0.2) is 35.7 Å². The topological polar surface area (TPSA) is 23.5 Å². The number of aliphatic hydroxyl groups excluding tert-OH is 1. The molecule has 2 atom stereocenters. The van der Waals surface area contributed by atoms with E-state index in [9.17, 15) is 5.11 Å². The zero-order valence-corrected chi connectivity index (χ0v) is 9.97. The van der Waals surface area contributed by atoms with Gasteiger partial charge in [0.15, 0.2) is 0 Å². The first-order valence-electron chi connectivity index (χ1n) is 6.21. The third kappa shape index (κ3) is 3.06. The van der Waals surface area contributed by atoms with Crippen molar-refractivity contribution in [3.63, 3.8) is 0 Å². The van der Waals surface area contributed by atoms with Gasteiger partial charge >= 0.3 is 0 Å². The summed E-state index contributed by atoms with van der Waals surface area (Å²) < 4.78 is 0. The predicted molar refractivity (Wildman–Crippen MR) is 66.5 cm³/mol. The minimum atomic E-state index is -0.114. The molecule has 0 aromatic heterocycles. The molecule has 2 nitrogen and oxygen atoms in total. The SMILES string of the molecule is C[C@@H](CN1CCC[C@@H](O)C1)c1ccccc1. The van der Waals surface area contributed by atoms with E-state index in [-0.39, 0.29) is 6.10 Å². The molecule has 16 heavy (non-hydrogen) atoms. The molecule has 1 aromatic rings. The molecule has 1 aliphatic heterocycles. The van der Waals surface area contributed by atoms with E-state index in [1.807, 2.05) is 0 Å². The van der Waals surface area contributed by atoms with Crippen molar-refractivity contribution in [3.8, 4) is 0 Å². The maximum atomic E-state index is 9.62. The van der Waals surface area contributed by atoms with Gasteiger partial charge in [0.25, 0.3) is 0 Å². The molecule has 0 spiro atoms. The lowest BCUT2D eigenvalue weighted by atomic mass is 9.99. The summed E-state index contributed by atoms with van der Waals surface area (Å²) in [7, 11) is 0. The first kappa shape index (κ1) is 11.6. The number of hydrogen-bond donors (Lipinski definition) is 1. The molecular weight excluding hydrogens is 198 g/mol. The lowest BCUT2D eigenvalue weighted by Gasteiger charge is -2.32. The summed E-state index contributed by atoms with van der Waals surface area (Å²) in [6, 6.07) is 10.6. The molecule has 0 saturated carbocycles. The fourth-order valence-electron chi connectivity index (χ4n) is 2.47. The van der Waals surface area contributed by atoms with Crippen LogP contribution in [0.3, 0.4) is 0 Å². The number of benzene rings is 1. The van der Waals surface area contributed by atoms with Crippen LogP contribution in [0.25, 0.3) is 0 Å². The van der Waals surface area contributed by atoms with Crippen molar-refractivity contribution in [2.75, 3.05) is 19.6 Å². The number of rotatable bonds is 3. The number of nitrogens with zero attached hydrogens (tertiary/aromatic N) is 1. The maximum absolute atomic E-state index is 9.62. The van der Waals surface area contributed by atoms with Gasteiger partial charge in [-0.1, -0.05) is 37.3 Å². The standard InChI is InChI=1S/C14H21NO/c1-12(13-6-3-2-4-7-13)10-15-9-5-8-14(16)11-15/h2-4,6-7,12,14,16H,5,8-11H2,1H3/t12-,14+/m0/s1. The number of β-amino-alcohol motifs (C(OH)–C–C–N with tert-alkyl or cyclic N) is 1. The molecule has 1 heterocycles. The van der Waals surface area contributed by atoms with Gasteiger partial charge in [-0.25, -0.2) is 0 Å². The Kier molecular flexibility index (Phi) is 3.97. The second kappa shape index (κ2) is 5.46. The minimum absolute atomic E-state index is 0.114. The van der Waals surface area contributed by atoms with Gasteiger partial charge in [0.1, 0.15) is 0 Å². The Labute approximate surface area is 97.9 Å². The van der Waals surface area contributed by atoms with Gasteiger partial charge in [-0.05, 0) is 30.9 Å². The normalized spacial score (nSPS) is 24.2. The summed E-state index contributed by atoms with van der Waals surface area (Å²) in [6.07, 6.45) is 1.98. The van der Waals surface area contributed by atoms with Crippen LogP contribution in [0, 0.1) is 0 Å². The van der Waals surface area contributed by atoms with Crippen molar-refractivity contribution in [2.24, 2.45) is 0 Å². The Morgan fingerprint density at radius 3 is 2.81 bits per heavy atom. The lowest BCUT2D eigenvalue weighted by Crippen LogP contribution is -2.40. The zero-order valence-electron chi connectivity index (χ0n) is 9.97. The van der Waals surface area contributed by atoms with Gasteiger partial charge in [-0.15, -0.1) is 0 Å². The molecule has 1 saturated heterocycles. The fourth-order valence-corrected chi connectivity index (χ4v) is 2.47. The van der Waals surface area contributed by atoms with E-state index in [0.717, 1.165) is 32.5 Å². The average molecular weight is 219 g/mol. The number of likely N-dealkylation sites (tertiary alicyclic amines) is 1. The third-order valence-electron chi connectivity index (χ3n) is 3.38. The molecule has 1 aromatic carbocycles. The van der Waals surface area contributed by atoms with Crippen LogP contribution in [0.1, 0.15) is 31.2 Å². The molecule has 0 radical (unpaired) electrons. The van der Waals surface area contributed by atoms with Gasteiger partial charge < -0.3 is 10.0 Å². The van der Waals surface area contributed by atoms with Crippen LogP contribution in [0.5, 0.6) is 0 Å². The Morgan fingerprint density at radius 2 is 2.12 bits per heavy atom. The molecular formula is C14H21NO. The van der Waals surface area contributed by atoms with Crippen molar-refractivity contribution >= 4 is 0 Å². The number of aliphatic hydroxyl groups is 1. The van der Waals surface area contributed by atoms with Crippen LogP contribution < -0.4 is 0 Å². The summed E-state index contributed by atoms with van der Waals surface area (Å²) in [5.41, 5.74) is 1.39. The maximum Gasteiger partial charge on any atom is 0.0667 e. The van der Waals surface area contributed by atoms with Crippen LogP contribution in [0.4, 0.5) is 0 Å². The second-order valence-electron chi connectivity index (χ2n) is 4.87. The van der Waals surface area contributed by atoms with Gasteiger partial charge in [0.2, 0.25) is 0 Å². The van der Waals surface area contributed by atoms with E-state index >= 15 is 0 Å². The van der Waals surface area contributed by atoms with Crippen LogP contribution in [0.15, 0.2) is 30.3 Å². The summed E-state index contributed by atoms with van der Waals surface area (Å²) in [5, 5.41) is 9.62. The molecule has 1 aliphatic rings. The summed E-state index contributed by atoms with van der Waals surface area (Å²) in [6.45, 7) is 5.29. The largest absolute Gasteiger partial charge is 0.392 e. The van der Waals surface area contributed by atoms with E-state index in [1.54, 1.807) is 0 Å². The summed E-state index contributed by atoms with van der Waals surface area (Å²) in [4.78, 5) is 2.38. The number of piperidine rings is 1. The van der Waals surface area contributed by atoms with E-state index in [0.29, 0.717) is 5.92 Å². The molecule has 2 heteroatoms. The monoisotopic (exact) mass is 219 g/mol. The van der Waals surface area contributed by atoms with Crippen molar-refractivity contribution in [1.29, 1.82) is 0 Å². The van der Waals surface area contributed by atoms with Gasteiger partial charge in [-0.2, -0.15) is 0 Å². The van der Waals surface area contributed by atoms with Gasteiger partial charge in [0, 0.05) is 13.1 Å². The predicted octanol–water partition coefficient (Wildman–Crippen LogP) is 2.25. The molecule has 0 unspecified atom stereocenters. The Hall–Kier alpha value is -0.860. The quantitative estimate of drug-likeness (QED) is 0.843. The molecule has 2 rings (SSSR count). The van der Waals surface area contributed by atoms with E-state index in [2.05, 4.69) is 42.2 Å². The molecule has 0 bridgehead atoms. The molecule has 0 amide bonds. The van der Waals surface area contributed by atoms with Crippen molar-refractivity contribution < 1.29 is 5.11 Å². The highest BCUT2D eigenvalue weighted by Crippen LogP contribution is 2.18. The highest BCUT2D eigenvalue weighted by Gasteiger charge is 2.19. The zero-order chi connectivity index (χ0) is 11.4. The van der Waals surface area contributed by atoms with Crippen LogP contribution >= 0.6 is 0 Å². The van der Waals surface area contributed by atoms with E-state index in [4.69, 9.17) is 0 Å². The van der Waals surface area contributed by atoms with Crippen molar-refractivity contribution in [1.82, 2.24) is 4.90 Å². The fraction of sp³-hybridized carbons (Fsp3) is 0.571. The summed E-state index contributed by atoms with van der Waals surface area (Å²) in [5.74, 6) is 0.548. The average Bonchev–Trinajstić information content (AvgIpc) is 2.30. The first-order chi connectivity index (χ1) is 7.75. The summed E-state index contributed by atoms with van der Waals surface area (Å²) >= 11 is 0. The molecule has 1 fully saturated rings. The lowest BCUT2D eigenvalue weighted by molar-refractivity contribution is 0.0682. The number of hydrogen-bond acceptors (Lipinski definition) is 2. The smallest absolute Gasteiger partial charge is 0.0667 e. The highest BCUT2D eigenvalue weighted by atomic mass is 16.3. The third-order valence-corrected chi connectivity index (χ3v) is 3.38. The Morgan fingerprint density at radius 1 is 1.38 bits per heavy atom. The Bertz CT molecular complexity index is 312. The van der Waals surface area contributed by atoms with Crippen LogP contribution in [0.2, 0.25) is 0 Å². The highest BCUT2D eigenvalue weighted by molar-refractivity contribution is 5.19. The van der Waals surface area contributed by atoms with Crippen molar-refractivity contribution in [2.45, 2.75) is 31.8 Å².